The lowest BCUT2D eigenvalue weighted by Crippen LogP contribution is -2.12. The average Bonchev–Trinajstić information content (AvgIpc) is 3.03. The number of methoxy groups -OCH3 is 2. The van der Waals surface area contributed by atoms with E-state index in [1.807, 2.05) is 34.9 Å². The number of rotatable bonds is 7. The second kappa shape index (κ2) is 7.21. The first-order valence-corrected chi connectivity index (χ1v) is 8.02. The molecule has 0 saturated carbocycles. The second-order valence-electron chi connectivity index (χ2n) is 5.55. The van der Waals surface area contributed by atoms with Crippen LogP contribution in [-0.2, 0) is 6.54 Å². The Morgan fingerprint density at radius 3 is 2.64 bits per heavy atom. The predicted molar refractivity (Wildman–Crippen MR) is 97.5 cm³/mol. The minimum absolute atomic E-state index is 0.152. The lowest BCUT2D eigenvalue weighted by Gasteiger charge is -2.10. The van der Waals surface area contributed by atoms with Crippen molar-refractivity contribution in [2.24, 2.45) is 0 Å². The number of hydrogen-bond acceptors (Lipinski definition) is 4. The SMILES string of the molecule is C=CCCn1c(C(=O)c2ccc(OC)c(OC)c2)nc2ccccc21. The molecule has 0 radical (unpaired) electrons. The minimum atomic E-state index is -0.152. The van der Waals surface area contributed by atoms with E-state index in [0.29, 0.717) is 29.4 Å². The molecule has 3 rings (SSSR count). The molecule has 5 heteroatoms. The lowest BCUT2D eigenvalue weighted by molar-refractivity contribution is 0.102. The molecular weight excluding hydrogens is 316 g/mol. The minimum Gasteiger partial charge on any atom is -0.493 e. The van der Waals surface area contributed by atoms with E-state index in [9.17, 15) is 4.79 Å². The van der Waals surface area contributed by atoms with Crippen molar-refractivity contribution in [3.63, 3.8) is 0 Å². The van der Waals surface area contributed by atoms with Crippen LogP contribution in [0.25, 0.3) is 11.0 Å². The highest BCUT2D eigenvalue weighted by Crippen LogP contribution is 2.29. The van der Waals surface area contributed by atoms with Crippen LogP contribution < -0.4 is 9.47 Å². The van der Waals surface area contributed by atoms with Gasteiger partial charge in [-0.15, -0.1) is 6.58 Å². The van der Waals surface area contributed by atoms with E-state index in [-0.39, 0.29) is 5.78 Å². The van der Waals surface area contributed by atoms with Crippen LogP contribution in [0.2, 0.25) is 0 Å². The fourth-order valence-corrected chi connectivity index (χ4v) is 2.80. The van der Waals surface area contributed by atoms with Gasteiger partial charge in [-0.1, -0.05) is 18.2 Å². The summed E-state index contributed by atoms with van der Waals surface area (Å²) in [6.45, 7) is 4.42. The number of ketones is 1. The van der Waals surface area contributed by atoms with Gasteiger partial charge in [-0.25, -0.2) is 4.98 Å². The number of ether oxygens (including phenoxy) is 2. The van der Waals surface area contributed by atoms with Gasteiger partial charge in [0.05, 0.1) is 25.3 Å². The van der Waals surface area contributed by atoms with E-state index in [2.05, 4.69) is 11.6 Å². The van der Waals surface area contributed by atoms with Crippen LogP contribution in [-0.4, -0.2) is 29.6 Å². The fraction of sp³-hybridized carbons (Fsp3) is 0.200. The first kappa shape index (κ1) is 16.8. The molecule has 0 atom stereocenters. The zero-order valence-corrected chi connectivity index (χ0v) is 14.4. The van der Waals surface area contributed by atoms with E-state index in [1.165, 1.54) is 0 Å². The van der Waals surface area contributed by atoms with E-state index in [4.69, 9.17) is 9.47 Å². The lowest BCUT2D eigenvalue weighted by atomic mass is 10.1. The van der Waals surface area contributed by atoms with Gasteiger partial charge in [-0.3, -0.25) is 4.79 Å². The normalized spacial score (nSPS) is 10.6. The Balaban J connectivity index is 2.09. The summed E-state index contributed by atoms with van der Waals surface area (Å²) in [7, 11) is 3.11. The number of allylic oxidation sites excluding steroid dienone is 1. The molecule has 0 aliphatic rings. The highest BCUT2D eigenvalue weighted by molar-refractivity contribution is 6.08. The third kappa shape index (κ3) is 3.13. The molecule has 3 aromatic rings. The Kier molecular flexibility index (Phi) is 4.84. The van der Waals surface area contributed by atoms with E-state index >= 15 is 0 Å². The zero-order valence-electron chi connectivity index (χ0n) is 14.4. The fourth-order valence-electron chi connectivity index (χ4n) is 2.80. The number of aromatic nitrogens is 2. The van der Waals surface area contributed by atoms with Gasteiger partial charge in [0.2, 0.25) is 5.78 Å². The highest BCUT2D eigenvalue weighted by atomic mass is 16.5. The number of para-hydroxylation sites is 2. The Morgan fingerprint density at radius 2 is 1.92 bits per heavy atom. The molecule has 0 bridgehead atoms. The van der Waals surface area contributed by atoms with Crippen molar-refractivity contribution in [2.75, 3.05) is 14.2 Å². The molecule has 128 valence electrons. The van der Waals surface area contributed by atoms with Crippen LogP contribution in [0.4, 0.5) is 0 Å². The summed E-state index contributed by atoms with van der Waals surface area (Å²) in [5.41, 5.74) is 2.25. The molecule has 2 aromatic carbocycles. The number of fused-ring (bicyclic) bond motifs is 1. The number of aryl methyl sites for hydroxylation is 1. The topological polar surface area (TPSA) is 53.4 Å². The van der Waals surface area contributed by atoms with E-state index < -0.39 is 0 Å². The molecule has 0 amide bonds. The monoisotopic (exact) mass is 336 g/mol. The van der Waals surface area contributed by atoms with Crippen molar-refractivity contribution in [2.45, 2.75) is 13.0 Å². The molecule has 0 fully saturated rings. The first-order valence-electron chi connectivity index (χ1n) is 8.02. The quantitative estimate of drug-likeness (QED) is 0.486. The summed E-state index contributed by atoms with van der Waals surface area (Å²) < 4.78 is 12.5. The number of carbonyl (C=O) groups excluding carboxylic acids is 1. The van der Waals surface area contributed by atoms with Crippen LogP contribution in [0.1, 0.15) is 22.6 Å². The third-order valence-corrected chi connectivity index (χ3v) is 4.06. The smallest absolute Gasteiger partial charge is 0.228 e. The molecule has 1 aromatic heterocycles. The van der Waals surface area contributed by atoms with Crippen molar-refractivity contribution < 1.29 is 14.3 Å². The van der Waals surface area contributed by atoms with Gasteiger partial charge in [0, 0.05) is 12.1 Å². The van der Waals surface area contributed by atoms with Crippen molar-refractivity contribution in [1.82, 2.24) is 9.55 Å². The zero-order chi connectivity index (χ0) is 17.8. The number of benzene rings is 2. The number of hydrogen-bond donors (Lipinski definition) is 0. The molecule has 5 nitrogen and oxygen atoms in total. The summed E-state index contributed by atoms with van der Waals surface area (Å²) in [4.78, 5) is 17.6. The molecule has 0 spiro atoms. The van der Waals surface area contributed by atoms with Gasteiger partial charge in [0.15, 0.2) is 17.3 Å². The maximum absolute atomic E-state index is 13.1. The number of carbonyl (C=O) groups is 1. The second-order valence-corrected chi connectivity index (χ2v) is 5.55. The Labute approximate surface area is 146 Å². The maximum atomic E-state index is 13.1. The summed E-state index contributed by atoms with van der Waals surface area (Å²) in [6, 6.07) is 12.9. The average molecular weight is 336 g/mol. The van der Waals surface area contributed by atoms with Crippen molar-refractivity contribution in [1.29, 1.82) is 0 Å². The van der Waals surface area contributed by atoms with Crippen LogP contribution in [0.5, 0.6) is 11.5 Å². The summed E-state index contributed by atoms with van der Waals surface area (Å²) in [5.74, 6) is 1.36. The van der Waals surface area contributed by atoms with Gasteiger partial charge in [0.25, 0.3) is 0 Å². The third-order valence-electron chi connectivity index (χ3n) is 4.06. The molecule has 0 saturated heterocycles. The summed E-state index contributed by atoms with van der Waals surface area (Å²) in [5, 5.41) is 0. The Morgan fingerprint density at radius 1 is 1.16 bits per heavy atom. The maximum Gasteiger partial charge on any atom is 0.228 e. The Bertz CT molecular complexity index is 928. The first-order chi connectivity index (χ1) is 12.2. The van der Waals surface area contributed by atoms with Crippen molar-refractivity contribution in [3.8, 4) is 11.5 Å². The molecule has 0 aliphatic heterocycles. The van der Waals surface area contributed by atoms with Gasteiger partial charge in [-0.05, 0) is 36.8 Å². The summed E-state index contributed by atoms with van der Waals surface area (Å²) in [6.07, 6.45) is 2.59. The van der Waals surface area contributed by atoms with Crippen LogP contribution in [0, 0.1) is 0 Å². The van der Waals surface area contributed by atoms with Crippen molar-refractivity contribution >= 4 is 16.8 Å². The van der Waals surface area contributed by atoms with E-state index in [0.717, 1.165) is 17.5 Å². The number of imidazole rings is 1. The predicted octanol–water partition coefficient (Wildman–Crippen LogP) is 3.86. The standard InChI is InChI=1S/C20H20N2O3/c1-4-5-12-22-16-9-7-6-8-15(16)21-20(22)19(23)14-10-11-17(24-2)18(13-14)25-3/h4,6-11,13H,1,5,12H2,2-3H3. The molecule has 1 heterocycles. The molecule has 0 aliphatic carbocycles. The molecule has 0 N–H and O–H groups in total. The van der Waals surface area contributed by atoms with E-state index in [1.54, 1.807) is 32.4 Å². The van der Waals surface area contributed by atoms with Gasteiger partial charge < -0.3 is 14.0 Å². The largest absolute Gasteiger partial charge is 0.493 e. The summed E-state index contributed by atoms with van der Waals surface area (Å²) >= 11 is 0. The number of nitrogens with zero attached hydrogens (tertiary/aromatic N) is 2. The van der Waals surface area contributed by atoms with Crippen LogP contribution in [0.15, 0.2) is 55.1 Å². The van der Waals surface area contributed by atoms with Gasteiger partial charge in [-0.2, -0.15) is 0 Å². The van der Waals surface area contributed by atoms with Gasteiger partial charge in [0.1, 0.15) is 0 Å². The Hall–Kier alpha value is -3.08. The highest BCUT2D eigenvalue weighted by Gasteiger charge is 2.20. The molecule has 25 heavy (non-hydrogen) atoms. The molecule has 0 unspecified atom stereocenters. The van der Waals surface area contributed by atoms with Crippen LogP contribution in [0.3, 0.4) is 0 Å². The van der Waals surface area contributed by atoms with Gasteiger partial charge >= 0.3 is 0 Å². The van der Waals surface area contributed by atoms with Crippen molar-refractivity contribution in [3.05, 3.63) is 66.5 Å². The molecular formula is C20H20N2O3. The van der Waals surface area contributed by atoms with Crippen LogP contribution >= 0.6 is 0 Å².